The van der Waals surface area contributed by atoms with Crippen molar-refractivity contribution in [3.05, 3.63) is 0 Å². The molecule has 1 atom stereocenters. The second-order valence-electron chi connectivity index (χ2n) is 4.77. The Balaban J connectivity index is 1.94. The molecule has 1 fully saturated rings. The van der Waals surface area contributed by atoms with Crippen molar-refractivity contribution in [1.82, 2.24) is 5.32 Å². The SMILES string of the molecule is COCCCOC(C)CNC1CCCCC1. The molecule has 0 spiro atoms. The van der Waals surface area contributed by atoms with Crippen LogP contribution in [0.1, 0.15) is 45.4 Å². The maximum Gasteiger partial charge on any atom is 0.0671 e. The van der Waals surface area contributed by atoms with E-state index in [1.807, 2.05) is 0 Å². The highest BCUT2D eigenvalue weighted by atomic mass is 16.5. The molecule has 0 bridgehead atoms. The van der Waals surface area contributed by atoms with Gasteiger partial charge in [-0.1, -0.05) is 19.3 Å². The third kappa shape index (κ3) is 6.46. The van der Waals surface area contributed by atoms with Crippen molar-refractivity contribution in [2.75, 3.05) is 26.9 Å². The molecule has 0 heterocycles. The van der Waals surface area contributed by atoms with Gasteiger partial charge in [0.2, 0.25) is 0 Å². The van der Waals surface area contributed by atoms with Crippen molar-refractivity contribution < 1.29 is 9.47 Å². The van der Waals surface area contributed by atoms with Gasteiger partial charge in [0.05, 0.1) is 6.10 Å². The third-order valence-corrected chi connectivity index (χ3v) is 3.19. The van der Waals surface area contributed by atoms with E-state index in [1.165, 1.54) is 32.1 Å². The van der Waals surface area contributed by atoms with Gasteiger partial charge in [0.15, 0.2) is 0 Å². The van der Waals surface area contributed by atoms with Crippen LogP contribution in [-0.4, -0.2) is 39.0 Å². The smallest absolute Gasteiger partial charge is 0.0671 e. The van der Waals surface area contributed by atoms with Crippen molar-refractivity contribution in [2.45, 2.75) is 57.6 Å². The second-order valence-corrected chi connectivity index (χ2v) is 4.77. The molecule has 3 nitrogen and oxygen atoms in total. The molecule has 1 N–H and O–H groups in total. The fourth-order valence-corrected chi connectivity index (χ4v) is 2.19. The highest BCUT2D eigenvalue weighted by Gasteiger charge is 2.13. The summed E-state index contributed by atoms with van der Waals surface area (Å²) in [7, 11) is 1.73. The van der Waals surface area contributed by atoms with Crippen LogP contribution in [0.4, 0.5) is 0 Å². The maximum atomic E-state index is 5.69. The zero-order valence-electron chi connectivity index (χ0n) is 10.8. The van der Waals surface area contributed by atoms with Gasteiger partial charge in [-0.15, -0.1) is 0 Å². The molecule has 3 heteroatoms. The zero-order chi connectivity index (χ0) is 11.6. The molecule has 1 unspecified atom stereocenters. The number of nitrogens with one attached hydrogen (secondary N) is 1. The average molecular weight is 229 g/mol. The van der Waals surface area contributed by atoms with E-state index < -0.39 is 0 Å². The first-order valence-electron chi connectivity index (χ1n) is 6.67. The minimum Gasteiger partial charge on any atom is -0.385 e. The van der Waals surface area contributed by atoms with E-state index in [9.17, 15) is 0 Å². The van der Waals surface area contributed by atoms with E-state index in [2.05, 4.69) is 12.2 Å². The van der Waals surface area contributed by atoms with E-state index in [-0.39, 0.29) is 0 Å². The Hall–Kier alpha value is -0.120. The molecule has 1 aliphatic carbocycles. The highest BCUT2D eigenvalue weighted by Crippen LogP contribution is 2.17. The van der Waals surface area contributed by atoms with Gasteiger partial charge in [-0.05, 0) is 26.2 Å². The first-order chi connectivity index (χ1) is 7.83. The highest BCUT2D eigenvalue weighted by molar-refractivity contribution is 4.72. The van der Waals surface area contributed by atoms with Gasteiger partial charge < -0.3 is 14.8 Å². The summed E-state index contributed by atoms with van der Waals surface area (Å²) in [4.78, 5) is 0. The molecule has 16 heavy (non-hydrogen) atoms. The zero-order valence-corrected chi connectivity index (χ0v) is 10.8. The molecule has 0 aliphatic heterocycles. The molecule has 0 radical (unpaired) electrons. The lowest BCUT2D eigenvalue weighted by Gasteiger charge is -2.24. The van der Waals surface area contributed by atoms with Gasteiger partial charge >= 0.3 is 0 Å². The molecule has 0 amide bonds. The van der Waals surface area contributed by atoms with Crippen molar-refractivity contribution in [3.63, 3.8) is 0 Å². The summed E-state index contributed by atoms with van der Waals surface area (Å²) in [6.45, 7) is 4.73. The van der Waals surface area contributed by atoms with E-state index in [0.717, 1.165) is 32.2 Å². The summed E-state index contributed by atoms with van der Waals surface area (Å²) in [5.74, 6) is 0. The van der Waals surface area contributed by atoms with Gasteiger partial charge in [-0.25, -0.2) is 0 Å². The number of ether oxygens (including phenoxy) is 2. The standard InChI is InChI=1S/C13H27NO2/c1-12(16-10-6-9-15-2)11-14-13-7-4-3-5-8-13/h12-14H,3-11H2,1-2H3. The van der Waals surface area contributed by atoms with Crippen LogP contribution < -0.4 is 5.32 Å². The predicted molar refractivity (Wildman–Crippen MR) is 66.8 cm³/mol. The molecule has 96 valence electrons. The topological polar surface area (TPSA) is 30.5 Å². The van der Waals surface area contributed by atoms with E-state index in [1.54, 1.807) is 7.11 Å². The summed E-state index contributed by atoms with van der Waals surface area (Å²) in [5, 5.41) is 3.61. The van der Waals surface area contributed by atoms with Crippen LogP contribution in [0, 0.1) is 0 Å². The molecule has 0 saturated heterocycles. The summed E-state index contributed by atoms with van der Waals surface area (Å²) >= 11 is 0. The number of hydrogen-bond acceptors (Lipinski definition) is 3. The maximum absolute atomic E-state index is 5.69. The van der Waals surface area contributed by atoms with Gasteiger partial charge in [0, 0.05) is 32.9 Å². The summed E-state index contributed by atoms with van der Waals surface area (Å²) in [6, 6.07) is 0.735. The molecule has 0 aromatic heterocycles. The van der Waals surface area contributed by atoms with Crippen LogP contribution in [0.15, 0.2) is 0 Å². The summed E-state index contributed by atoms with van der Waals surface area (Å²) < 4.78 is 10.7. The summed E-state index contributed by atoms with van der Waals surface area (Å²) in [5.41, 5.74) is 0. The van der Waals surface area contributed by atoms with Gasteiger partial charge in [0.1, 0.15) is 0 Å². The normalized spacial score (nSPS) is 19.9. The Morgan fingerprint density at radius 3 is 2.62 bits per heavy atom. The number of hydrogen-bond donors (Lipinski definition) is 1. The Kier molecular flexibility index (Phi) is 7.81. The van der Waals surface area contributed by atoms with Crippen LogP contribution in [0.25, 0.3) is 0 Å². The number of methoxy groups -OCH3 is 1. The molecular weight excluding hydrogens is 202 g/mol. The Bertz CT molecular complexity index is 158. The lowest BCUT2D eigenvalue weighted by Crippen LogP contribution is -2.36. The minimum absolute atomic E-state index is 0.318. The van der Waals surface area contributed by atoms with Gasteiger partial charge in [0.25, 0.3) is 0 Å². The van der Waals surface area contributed by atoms with Crippen molar-refractivity contribution in [1.29, 1.82) is 0 Å². The van der Waals surface area contributed by atoms with E-state index in [4.69, 9.17) is 9.47 Å². The molecule has 1 saturated carbocycles. The largest absolute Gasteiger partial charge is 0.385 e. The Morgan fingerprint density at radius 2 is 1.94 bits per heavy atom. The van der Waals surface area contributed by atoms with Crippen LogP contribution in [0.5, 0.6) is 0 Å². The first kappa shape index (κ1) is 13.9. The fourth-order valence-electron chi connectivity index (χ4n) is 2.19. The molecule has 0 aromatic carbocycles. The van der Waals surface area contributed by atoms with Crippen molar-refractivity contribution in [2.24, 2.45) is 0 Å². The van der Waals surface area contributed by atoms with E-state index >= 15 is 0 Å². The molecule has 0 aromatic rings. The number of rotatable bonds is 8. The monoisotopic (exact) mass is 229 g/mol. The Morgan fingerprint density at radius 1 is 1.19 bits per heavy atom. The predicted octanol–water partition coefficient (Wildman–Crippen LogP) is 2.35. The third-order valence-electron chi connectivity index (χ3n) is 3.19. The van der Waals surface area contributed by atoms with Crippen LogP contribution in [-0.2, 0) is 9.47 Å². The van der Waals surface area contributed by atoms with Crippen molar-refractivity contribution in [3.8, 4) is 0 Å². The molecule has 1 rings (SSSR count). The molecular formula is C13H27NO2. The summed E-state index contributed by atoms with van der Waals surface area (Å²) in [6.07, 6.45) is 8.19. The fraction of sp³-hybridized carbons (Fsp3) is 1.00. The quantitative estimate of drug-likeness (QED) is 0.648. The Labute approximate surface area is 99.9 Å². The second kappa shape index (κ2) is 8.97. The van der Waals surface area contributed by atoms with Gasteiger partial charge in [-0.3, -0.25) is 0 Å². The lowest BCUT2D eigenvalue weighted by molar-refractivity contribution is 0.0481. The van der Waals surface area contributed by atoms with Crippen LogP contribution >= 0.6 is 0 Å². The van der Waals surface area contributed by atoms with Crippen molar-refractivity contribution >= 4 is 0 Å². The van der Waals surface area contributed by atoms with E-state index in [0.29, 0.717) is 6.10 Å². The molecule has 1 aliphatic rings. The van der Waals surface area contributed by atoms with Gasteiger partial charge in [-0.2, -0.15) is 0 Å². The lowest BCUT2D eigenvalue weighted by atomic mass is 9.95. The minimum atomic E-state index is 0.318. The van der Waals surface area contributed by atoms with Crippen LogP contribution in [0.3, 0.4) is 0 Å². The first-order valence-corrected chi connectivity index (χ1v) is 6.67. The average Bonchev–Trinajstić information content (AvgIpc) is 2.33. The van der Waals surface area contributed by atoms with Crippen LogP contribution in [0.2, 0.25) is 0 Å².